The van der Waals surface area contributed by atoms with E-state index in [9.17, 15) is 0 Å². The number of aryl methyl sites for hydroxylation is 1. The van der Waals surface area contributed by atoms with Crippen LogP contribution >= 0.6 is 0 Å². The highest BCUT2D eigenvalue weighted by atomic mass is 15.2. The molecule has 5 nitrogen and oxygen atoms in total. The number of hydrogen-bond acceptors (Lipinski definition) is 5. The van der Waals surface area contributed by atoms with E-state index in [0.717, 1.165) is 43.4 Å². The van der Waals surface area contributed by atoms with Crippen LogP contribution in [0.25, 0.3) is 0 Å². The fraction of sp³-hybridized carbons (Fsp3) is 0.688. The van der Waals surface area contributed by atoms with Crippen LogP contribution in [0.5, 0.6) is 0 Å². The van der Waals surface area contributed by atoms with E-state index in [4.69, 9.17) is 5.26 Å². The van der Waals surface area contributed by atoms with E-state index < -0.39 is 0 Å². The summed E-state index contributed by atoms with van der Waals surface area (Å²) in [5, 5.41) is 12.1. The molecule has 0 aliphatic heterocycles. The summed E-state index contributed by atoms with van der Waals surface area (Å²) in [5.74, 6) is 3.19. The number of hydrogen-bond donors (Lipinski definition) is 1. The van der Waals surface area contributed by atoms with Gasteiger partial charge in [-0.05, 0) is 19.3 Å². The fourth-order valence-electron chi connectivity index (χ4n) is 2.18. The van der Waals surface area contributed by atoms with Gasteiger partial charge in [-0.15, -0.1) is 0 Å². The Morgan fingerprint density at radius 2 is 2.10 bits per heavy atom. The average Bonchev–Trinajstić information content (AvgIpc) is 2.43. The second-order valence-corrected chi connectivity index (χ2v) is 5.56. The van der Waals surface area contributed by atoms with Crippen molar-refractivity contribution in [1.29, 1.82) is 5.26 Å². The Morgan fingerprint density at radius 1 is 1.33 bits per heavy atom. The Kier molecular flexibility index (Phi) is 7.52. The van der Waals surface area contributed by atoms with Gasteiger partial charge < -0.3 is 10.2 Å². The van der Waals surface area contributed by atoms with E-state index in [1.165, 1.54) is 0 Å². The van der Waals surface area contributed by atoms with Crippen LogP contribution < -0.4 is 10.2 Å². The van der Waals surface area contributed by atoms with Crippen LogP contribution in [0.15, 0.2) is 6.07 Å². The monoisotopic (exact) mass is 289 g/mol. The van der Waals surface area contributed by atoms with E-state index in [1.54, 1.807) is 0 Å². The lowest BCUT2D eigenvalue weighted by atomic mass is 10.2. The van der Waals surface area contributed by atoms with Gasteiger partial charge >= 0.3 is 0 Å². The van der Waals surface area contributed by atoms with Crippen LogP contribution in [-0.2, 0) is 6.42 Å². The maximum atomic E-state index is 8.85. The first-order chi connectivity index (χ1) is 10.1. The lowest BCUT2D eigenvalue weighted by molar-refractivity contribution is 0.606. The van der Waals surface area contributed by atoms with Gasteiger partial charge in [0.05, 0.1) is 12.5 Å². The maximum Gasteiger partial charge on any atom is 0.134 e. The van der Waals surface area contributed by atoms with Crippen molar-refractivity contribution < 1.29 is 0 Å². The topological polar surface area (TPSA) is 64.8 Å². The summed E-state index contributed by atoms with van der Waals surface area (Å²) in [7, 11) is 0. The van der Waals surface area contributed by atoms with E-state index >= 15 is 0 Å². The molecule has 0 aromatic carbocycles. The molecule has 0 saturated heterocycles. The molecule has 21 heavy (non-hydrogen) atoms. The SMILES string of the molecule is CCCc1nc(NCC)cc(N(CCC#N)CC(C)C)n1. The molecule has 0 saturated carbocycles. The van der Waals surface area contributed by atoms with Crippen LogP contribution in [-0.4, -0.2) is 29.6 Å². The van der Waals surface area contributed by atoms with Gasteiger partial charge in [0.1, 0.15) is 17.5 Å². The first kappa shape index (κ1) is 17.2. The number of nitrogens with zero attached hydrogens (tertiary/aromatic N) is 4. The molecule has 1 rings (SSSR count). The molecule has 0 aliphatic carbocycles. The summed E-state index contributed by atoms with van der Waals surface area (Å²) in [6.45, 7) is 11.0. The zero-order chi connectivity index (χ0) is 15.7. The second-order valence-electron chi connectivity index (χ2n) is 5.56. The zero-order valence-corrected chi connectivity index (χ0v) is 13.7. The first-order valence-electron chi connectivity index (χ1n) is 7.84. The number of aromatic nitrogens is 2. The van der Waals surface area contributed by atoms with Crippen LogP contribution in [0.4, 0.5) is 11.6 Å². The predicted octanol–water partition coefficient (Wildman–Crippen LogP) is 3.24. The van der Waals surface area contributed by atoms with Crippen molar-refractivity contribution in [3.05, 3.63) is 11.9 Å². The first-order valence-corrected chi connectivity index (χ1v) is 7.84. The predicted molar refractivity (Wildman–Crippen MR) is 87.5 cm³/mol. The average molecular weight is 289 g/mol. The van der Waals surface area contributed by atoms with E-state index in [-0.39, 0.29) is 0 Å². The van der Waals surface area contributed by atoms with Crippen molar-refractivity contribution >= 4 is 11.6 Å². The summed E-state index contributed by atoms with van der Waals surface area (Å²) in [4.78, 5) is 11.4. The number of anilines is 2. The number of nitriles is 1. The minimum atomic E-state index is 0.510. The van der Waals surface area contributed by atoms with E-state index in [2.05, 4.69) is 53.9 Å². The zero-order valence-electron chi connectivity index (χ0n) is 13.7. The molecule has 0 amide bonds. The molecule has 1 aromatic heterocycles. The van der Waals surface area contributed by atoms with Crippen molar-refractivity contribution in [3.8, 4) is 6.07 Å². The highest BCUT2D eigenvalue weighted by Crippen LogP contribution is 2.18. The van der Waals surface area contributed by atoms with Gasteiger partial charge in [-0.2, -0.15) is 5.26 Å². The van der Waals surface area contributed by atoms with Crippen molar-refractivity contribution in [1.82, 2.24) is 9.97 Å². The lowest BCUT2D eigenvalue weighted by Crippen LogP contribution is -2.30. The van der Waals surface area contributed by atoms with Gasteiger partial charge in [-0.25, -0.2) is 9.97 Å². The van der Waals surface area contributed by atoms with Crippen LogP contribution in [0.1, 0.15) is 46.4 Å². The largest absolute Gasteiger partial charge is 0.370 e. The molecule has 0 unspecified atom stereocenters. The summed E-state index contributed by atoms with van der Waals surface area (Å²) >= 11 is 0. The van der Waals surface area contributed by atoms with Gasteiger partial charge in [-0.3, -0.25) is 0 Å². The second kappa shape index (κ2) is 9.17. The third-order valence-electron chi connectivity index (χ3n) is 2.99. The highest BCUT2D eigenvalue weighted by Gasteiger charge is 2.13. The van der Waals surface area contributed by atoms with Crippen molar-refractivity contribution in [2.75, 3.05) is 29.9 Å². The lowest BCUT2D eigenvalue weighted by Gasteiger charge is -2.25. The standard InChI is InChI=1S/C16H27N5/c1-5-8-14-19-15(18-6-2)11-16(20-14)21(10-7-9-17)12-13(3)4/h11,13H,5-8,10,12H2,1-4H3,(H,18,19,20). The minimum absolute atomic E-state index is 0.510. The minimum Gasteiger partial charge on any atom is -0.370 e. The van der Waals surface area contributed by atoms with Crippen molar-refractivity contribution in [2.45, 2.75) is 47.0 Å². The van der Waals surface area contributed by atoms with Crippen molar-refractivity contribution in [2.24, 2.45) is 5.92 Å². The third-order valence-corrected chi connectivity index (χ3v) is 2.99. The van der Waals surface area contributed by atoms with Gasteiger partial charge in [0.15, 0.2) is 0 Å². The number of rotatable bonds is 9. The van der Waals surface area contributed by atoms with E-state index in [1.807, 2.05) is 6.07 Å². The molecule has 116 valence electrons. The van der Waals surface area contributed by atoms with E-state index in [0.29, 0.717) is 18.9 Å². The Morgan fingerprint density at radius 3 is 2.67 bits per heavy atom. The number of nitrogens with one attached hydrogen (secondary N) is 1. The Labute approximate surface area is 128 Å². The van der Waals surface area contributed by atoms with Crippen LogP contribution in [0.3, 0.4) is 0 Å². The molecule has 0 aliphatic rings. The molecule has 1 N–H and O–H groups in total. The van der Waals surface area contributed by atoms with Crippen molar-refractivity contribution in [3.63, 3.8) is 0 Å². The fourth-order valence-corrected chi connectivity index (χ4v) is 2.18. The van der Waals surface area contributed by atoms with Gasteiger partial charge in [0, 0.05) is 32.1 Å². The smallest absolute Gasteiger partial charge is 0.134 e. The molecule has 1 aromatic rings. The van der Waals surface area contributed by atoms with Gasteiger partial charge in [0.2, 0.25) is 0 Å². The molecule has 5 heteroatoms. The third kappa shape index (κ3) is 5.99. The summed E-state index contributed by atoms with van der Waals surface area (Å²) in [6, 6.07) is 4.21. The highest BCUT2D eigenvalue weighted by molar-refractivity contribution is 5.49. The molecular formula is C16H27N5. The summed E-state index contributed by atoms with van der Waals surface area (Å²) in [6.07, 6.45) is 2.41. The van der Waals surface area contributed by atoms with Gasteiger partial charge in [0.25, 0.3) is 0 Å². The molecule has 0 fully saturated rings. The summed E-state index contributed by atoms with van der Waals surface area (Å²) in [5.41, 5.74) is 0. The molecule has 0 bridgehead atoms. The quantitative estimate of drug-likeness (QED) is 0.756. The summed E-state index contributed by atoms with van der Waals surface area (Å²) < 4.78 is 0. The molecule has 0 radical (unpaired) electrons. The Balaban J connectivity index is 3.05. The van der Waals surface area contributed by atoms with Crippen LogP contribution in [0, 0.1) is 17.2 Å². The van der Waals surface area contributed by atoms with Gasteiger partial charge in [-0.1, -0.05) is 20.8 Å². The Bertz CT molecular complexity index is 440. The molecule has 0 atom stereocenters. The molecule has 1 heterocycles. The Hall–Kier alpha value is -1.83. The van der Waals surface area contributed by atoms with Crippen LogP contribution in [0.2, 0.25) is 0 Å². The normalized spacial score (nSPS) is 10.5. The molecular weight excluding hydrogens is 262 g/mol. The molecule has 0 spiro atoms. The maximum absolute atomic E-state index is 8.85.